The second-order valence-electron chi connectivity index (χ2n) is 9.38. The number of pyridine rings is 1. The standard InChI is InChI=1S/C28H26F3N5O3/c1-17-15-32-11-12-36(17)27(38)24-14-19-13-22(8-9-23(19)35(24)2)39-25-10-7-21(16-33-25)34-26(37)18-3-5-20(6-4-18)28(29,30)31/h3-10,13-14,16-17,32H,11-12,15H2,1-2H3,(H,34,37). The van der Waals surface area contributed by atoms with E-state index in [1.54, 1.807) is 18.2 Å². The molecule has 2 aromatic heterocycles. The molecule has 2 aromatic carbocycles. The van der Waals surface area contributed by atoms with Crippen LogP contribution in [0, 0.1) is 0 Å². The first-order chi connectivity index (χ1) is 18.6. The highest BCUT2D eigenvalue weighted by molar-refractivity contribution is 6.04. The van der Waals surface area contributed by atoms with Crippen LogP contribution in [-0.2, 0) is 13.2 Å². The van der Waals surface area contributed by atoms with Crippen LogP contribution in [0.3, 0.4) is 0 Å². The van der Waals surface area contributed by atoms with Gasteiger partial charge in [0.2, 0.25) is 5.88 Å². The van der Waals surface area contributed by atoms with Crippen LogP contribution in [0.15, 0.2) is 66.9 Å². The highest BCUT2D eigenvalue weighted by Gasteiger charge is 2.30. The van der Waals surface area contributed by atoms with Crippen LogP contribution in [0.1, 0.15) is 33.3 Å². The van der Waals surface area contributed by atoms with Crippen molar-refractivity contribution >= 4 is 28.4 Å². The molecule has 1 aliphatic heterocycles. The number of rotatable bonds is 5. The number of halogens is 3. The lowest BCUT2D eigenvalue weighted by atomic mass is 10.1. The highest BCUT2D eigenvalue weighted by Crippen LogP contribution is 2.30. The van der Waals surface area contributed by atoms with Gasteiger partial charge >= 0.3 is 6.18 Å². The zero-order valence-corrected chi connectivity index (χ0v) is 21.2. The number of piperazine rings is 1. The summed E-state index contributed by atoms with van der Waals surface area (Å²) in [4.78, 5) is 31.7. The molecule has 2 amide bonds. The van der Waals surface area contributed by atoms with Gasteiger partial charge in [-0.25, -0.2) is 4.98 Å². The molecule has 5 rings (SSSR count). The number of alkyl halides is 3. The Hall–Kier alpha value is -4.38. The van der Waals surface area contributed by atoms with E-state index in [0.29, 0.717) is 23.7 Å². The number of fused-ring (bicyclic) bond motifs is 1. The van der Waals surface area contributed by atoms with Gasteiger partial charge in [-0.1, -0.05) is 0 Å². The van der Waals surface area contributed by atoms with Gasteiger partial charge in [-0.2, -0.15) is 13.2 Å². The molecule has 4 aromatic rings. The number of hydrogen-bond acceptors (Lipinski definition) is 5. The SMILES string of the molecule is CC1CNCCN1C(=O)c1cc2cc(Oc3ccc(NC(=O)c4ccc(C(F)(F)F)cc4)cn3)ccc2n1C. The summed E-state index contributed by atoms with van der Waals surface area (Å²) < 4.78 is 46.0. The number of nitrogens with one attached hydrogen (secondary N) is 2. The maximum Gasteiger partial charge on any atom is 0.416 e. The molecule has 11 heteroatoms. The Morgan fingerprint density at radius 1 is 1.08 bits per heavy atom. The average Bonchev–Trinajstić information content (AvgIpc) is 3.24. The third kappa shape index (κ3) is 5.58. The molecule has 1 saturated heterocycles. The monoisotopic (exact) mass is 537 g/mol. The van der Waals surface area contributed by atoms with Gasteiger partial charge in [-0.3, -0.25) is 9.59 Å². The smallest absolute Gasteiger partial charge is 0.416 e. The Bertz CT molecular complexity index is 1510. The zero-order valence-electron chi connectivity index (χ0n) is 21.2. The molecule has 0 bridgehead atoms. The summed E-state index contributed by atoms with van der Waals surface area (Å²) in [5, 5.41) is 6.74. The number of aromatic nitrogens is 2. The number of hydrogen-bond donors (Lipinski definition) is 2. The van der Waals surface area contributed by atoms with E-state index in [1.807, 2.05) is 41.6 Å². The van der Waals surface area contributed by atoms with Crippen LogP contribution in [0.5, 0.6) is 11.6 Å². The third-order valence-electron chi connectivity index (χ3n) is 6.69. The topological polar surface area (TPSA) is 88.5 Å². The number of carbonyl (C=O) groups excluding carboxylic acids is 2. The van der Waals surface area contributed by atoms with E-state index < -0.39 is 17.6 Å². The number of benzene rings is 2. The molecule has 39 heavy (non-hydrogen) atoms. The van der Waals surface area contributed by atoms with E-state index in [-0.39, 0.29) is 23.4 Å². The predicted octanol–water partition coefficient (Wildman–Crippen LogP) is 5.07. The molecule has 2 N–H and O–H groups in total. The molecule has 1 atom stereocenters. The van der Waals surface area contributed by atoms with Crippen molar-refractivity contribution in [2.24, 2.45) is 7.05 Å². The fraction of sp³-hybridized carbons (Fsp3) is 0.250. The quantitative estimate of drug-likeness (QED) is 0.371. The van der Waals surface area contributed by atoms with Crippen molar-refractivity contribution in [3.63, 3.8) is 0 Å². The first kappa shape index (κ1) is 26.2. The van der Waals surface area contributed by atoms with Crippen molar-refractivity contribution < 1.29 is 27.5 Å². The van der Waals surface area contributed by atoms with E-state index in [2.05, 4.69) is 15.6 Å². The van der Waals surface area contributed by atoms with Crippen molar-refractivity contribution in [3.8, 4) is 11.6 Å². The largest absolute Gasteiger partial charge is 0.439 e. The normalized spacial score (nSPS) is 15.8. The van der Waals surface area contributed by atoms with Crippen molar-refractivity contribution in [1.29, 1.82) is 0 Å². The summed E-state index contributed by atoms with van der Waals surface area (Å²) in [6, 6.07) is 14.6. The van der Waals surface area contributed by atoms with Gasteiger partial charge < -0.3 is 24.8 Å². The number of carbonyl (C=O) groups is 2. The summed E-state index contributed by atoms with van der Waals surface area (Å²) in [5.41, 5.74) is 1.11. The average molecular weight is 538 g/mol. The van der Waals surface area contributed by atoms with Crippen molar-refractivity contribution in [2.75, 3.05) is 25.0 Å². The number of amides is 2. The van der Waals surface area contributed by atoms with Gasteiger partial charge in [0.1, 0.15) is 11.4 Å². The summed E-state index contributed by atoms with van der Waals surface area (Å²) in [7, 11) is 1.86. The molecular weight excluding hydrogens is 511 g/mol. The van der Waals surface area contributed by atoms with Gasteiger partial charge in [0.05, 0.1) is 17.4 Å². The second-order valence-corrected chi connectivity index (χ2v) is 9.38. The van der Waals surface area contributed by atoms with E-state index in [0.717, 1.165) is 48.3 Å². The lowest BCUT2D eigenvalue weighted by Crippen LogP contribution is -2.52. The van der Waals surface area contributed by atoms with Gasteiger partial charge in [0.15, 0.2) is 0 Å². The maximum absolute atomic E-state index is 13.2. The molecule has 8 nitrogen and oxygen atoms in total. The molecule has 0 saturated carbocycles. The fourth-order valence-electron chi connectivity index (χ4n) is 4.54. The lowest BCUT2D eigenvalue weighted by molar-refractivity contribution is -0.137. The predicted molar refractivity (Wildman–Crippen MR) is 140 cm³/mol. The van der Waals surface area contributed by atoms with Crippen LogP contribution in [0.2, 0.25) is 0 Å². The maximum atomic E-state index is 13.2. The van der Waals surface area contributed by atoms with Gasteiger partial charge in [-0.05, 0) is 61.5 Å². The molecule has 0 radical (unpaired) electrons. The minimum absolute atomic E-state index is 0.0132. The van der Waals surface area contributed by atoms with Gasteiger partial charge in [0.25, 0.3) is 11.8 Å². The molecular formula is C28H26F3N5O3. The summed E-state index contributed by atoms with van der Waals surface area (Å²) in [5.74, 6) is 0.232. The first-order valence-corrected chi connectivity index (χ1v) is 12.3. The third-order valence-corrected chi connectivity index (χ3v) is 6.69. The molecule has 0 aliphatic carbocycles. The van der Waals surface area contributed by atoms with Crippen molar-refractivity contribution in [1.82, 2.24) is 19.8 Å². The minimum atomic E-state index is -4.47. The Balaban J connectivity index is 1.26. The second kappa shape index (κ2) is 10.4. The van der Waals surface area contributed by atoms with Crippen LogP contribution in [-0.4, -0.2) is 51.9 Å². The van der Waals surface area contributed by atoms with Crippen molar-refractivity contribution in [2.45, 2.75) is 19.1 Å². The van der Waals surface area contributed by atoms with E-state index in [1.165, 1.54) is 6.20 Å². The molecule has 3 heterocycles. The van der Waals surface area contributed by atoms with Crippen LogP contribution in [0.25, 0.3) is 10.9 Å². The van der Waals surface area contributed by atoms with E-state index in [9.17, 15) is 22.8 Å². The number of ether oxygens (including phenoxy) is 1. The molecule has 1 fully saturated rings. The summed E-state index contributed by atoms with van der Waals surface area (Å²) >= 11 is 0. The minimum Gasteiger partial charge on any atom is -0.439 e. The van der Waals surface area contributed by atoms with Crippen LogP contribution < -0.4 is 15.4 Å². The van der Waals surface area contributed by atoms with E-state index in [4.69, 9.17) is 4.74 Å². The van der Waals surface area contributed by atoms with Crippen LogP contribution in [0.4, 0.5) is 18.9 Å². The fourth-order valence-corrected chi connectivity index (χ4v) is 4.54. The van der Waals surface area contributed by atoms with Crippen LogP contribution >= 0.6 is 0 Å². The zero-order chi connectivity index (χ0) is 27.7. The van der Waals surface area contributed by atoms with Gasteiger partial charge in [-0.15, -0.1) is 0 Å². The van der Waals surface area contributed by atoms with E-state index >= 15 is 0 Å². The summed E-state index contributed by atoms with van der Waals surface area (Å²) in [6.07, 6.45) is -3.08. The molecule has 202 valence electrons. The molecule has 1 unspecified atom stereocenters. The Morgan fingerprint density at radius 2 is 1.85 bits per heavy atom. The first-order valence-electron chi connectivity index (χ1n) is 12.3. The number of aryl methyl sites for hydroxylation is 1. The Morgan fingerprint density at radius 3 is 2.51 bits per heavy atom. The molecule has 0 spiro atoms. The molecule has 1 aliphatic rings. The summed E-state index contributed by atoms with van der Waals surface area (Å²) in [6.45, 7) is 4.21. The highest BCUT2D eigenvalue weighted by atomic mass is 19.4. The van der Waals surface area contributed by atoms with Gasteiger partial charge in [0, 0.05) is 55.3 Å². The lowest BCUT2D eigenvalue weighted by Gasteiger charge is -2.34. The Labute approximate surface area is 222 Å². The Kier molecular flexibility index (Phi) is 7.00. The number of nitrogens with zero attached hydrogens (tertiary/aromatic N) is 3. The van der Waals surface area contributed by atoms with Crippen molar-refractivity contribution in [3.05, 3.63) is 83.7 Å². The number of anilines is 1.